The Morgan fingerprint density at radius 1 is 1.19 bits per heavy atom. The maximum Gasteiger partial charge on any atom is 0.242 e. The van der Waals surface area contributed by atoms with Crippen LogP contribution in [0, 0.1) is 6.92 Å². The number of carbonyl (C=O) groups excluding carboxylic acids is 1. The predicted molar refractivity (Wildman–Crippen MR) is 106 cm³/mol. The van der Waals surface area contributed by atoms with Crippen LogP contribution in [0.2, 0.25) is 0 Å². The Bertz CT molecular complexity index is 729. The summed E-state index contributed by atoms with van der Waals surface area (Å²) in [5.41, 5.74) is 1.10. The molecule has 3 N–H and O–H groups in total. The summed E-state index contributed by atoms with van der Waals surface area (Å²) in [6.45, 7) is 7.62. The minimum absolute atomic E-state index is 0.0308. The lowest BCUT2D eigenvalue weighted by molar-refractivity contribution is -0.119. The number of nitrogens with one attached hydrogen (secondary N) is 3. The smallest absolute Gasteiger partial charge is 0.242 e. The van der Waals surface area contributed by atoms with Gasteiger partial charge in [-0.05, 0) is 44.5 Å². The van der Waals surface area contributed by atoms with Gasteiger partial charge in [0.15, 0.2) is 5.96 Å². The van der Waals surface area contributed by atoms with Gasteiger partial charge >= 0.3 is 0 Å². The fraction of sp³-hybridized carbons (Fsp3) is 0.400. The Labute approximate surface area is 160 Å². The van der Waals surface area contributed by atoms with Crippen molar-refractivity contribution in [3.63, 3.8) is 0 Å². The lowest BCUT2D eigenvalue weighted by Crippen LogP contribution is -2.42. The van der Waals surface area contributed by atoms with Gasteiger partial charge in [0.05, 0.1) is 19.4 Å². The van der Waals surface area contributed by atoms with E-state index in [4.69, 9.17) is 9.15 Å². The molecule has 2 aromatic rings. The number of hydrogen-bond donors (Lipinski definition) is 3. The molecule has 1 aromatic heterocycles. The molecule has 0 aliphatic rings. The fourth-order valence-electron chi connectivity index (χ4n) is 2.33. The van der Waals surface area contributed by atoms with Gasteiger partial charge < -0.3 is 25.1 Å². The van der Waals surface area contributed by atoms with Gasteiger partial charge in [-0.2, -0.15) is 0 Å². The van der Waals surface area contributed by atoms with E-state index in [1.807, 2.05) is 51.1 Å². The number of aliphatic imine (C=N–C) groups is 1. The predicted octanol–water partition coefficient (Wildman–Crippen LogP) is 2.23. The van der Waals surface area contributed by atoms with Gasteiger partial charge in [0.2, 0.25) is 5.91 Å². The second-order valence-electron chi connectivity index (χ2n) is 6.13. The SMILES string of the molecule is CCNC(=NCC(=O)NCc1ccco1)NCC(C)Oc1ccccc1C. The third-order valence-electron chi connectivity index (χ3n) is 3.74. The molecule has 0 saturated heterocycles. The first-order chi connectivity index (χ1) is 13.1. The van der Waals surface area contributed by atoms with Crippen LogP contribution in [0.4, 0.5) is 0 Å². The van der Waals surface area contributed by atoms with Crippen molar-refractivity contribution in [1.29, 1.82) is 0 Å². The quantitative estimate of drug-likeness (QED) is 0.464. The van der Waals surface area contributed by atoms with Crippen LogP contribution in [0.25, 0.3) is 0 Å². The molecule has 2 rings (SSSR count). The molecule has 0 aliphatic carbocycles. The van der Waals surface area contributed by atoms with Crippen LogP contribution in [0.1, 0.15) is 25.2 Å². The first-order valence-corrected chi connectivity index (χ1v) is 9.12. The molecular formula is C20H28N4O3. The molecule has 146 valence electrons. The molecule has 7 heteroatoms. The summed E-state index contributed by atoms with van der Waals surface area (Å²) < 4.78 is 11.1. The zero-order chi connectivity index (χ0) is 19.5. The van der Waals surface area contributed by atoms with Gasteiger partial charge in [-0.1, -0.05) is 18.2 Å². The van der Waals surface area contributed by atoms with E-state index >= 15 is 0 Å². The van der Waals surface area contributed by atoms with Crippen molar-refractivity contribution < 1.29 is 13.9 Å². The van der Waals surface area contributed by atoms with E-state index in [-0.39, 0.29) is 18.6 Å². The van der Waals surface area contributed by atoms with Gasteiger partial charge in [0.25, 0.3) is 0 Å². The van der Waals surface area contributed by atoms with Crippen molar-refractivity contribution in [3.8, 4) is 5.75 Å². The molecular weight excluding hydrogens is 344 g/mol. The molecule has 1 heterocycles. The van der Waals surface area contributed by atoms with Crippen LogP contribution in [-0.4, -0.2) is 37.6 Å². The van der Waals surface area contributed by atoms with Crippen LogP contribution in [-0.2, 0) is 11.3 Å². The molecule has 1 aromatic carbocycles. The van der Waals surface area contributed by atoms with Crippen molar-refractivity contribution in [3.05, 3.63) is 54.0 Å². The number of rotatable bonds is 9. The summed E-state index contributed by atoms with van der Waals surface area (Å²) >= 11 is 0. The molecule has 0 saturated carbocycles. The summed E-state index contributed by atoms with van der Waals surface area (Å²) in [6.07, 6.45) is 1.52. The van der Waals surface area contributed by atoms with E-state index in [0.717, 1.165) is 11.3 Å². The number of guanidine groups is 1. The van der Waals surface area contributed by atoms with Crippen LogP contribution in [0.5, 0.6) is 5.75 Å². The van der Waals surface area contributed by atoms with Crippen molar-refractivity contribution in [2.24, 2.45) is 4.99 Å². The molecule has 27 heavy (non-hydrogen) atoms. The van der Waals surface area contributed by atoms with Crippen molar-refractivity contribution >= 4 is 11.9 Å². The largest absolute Gasteiger partial charge is 0.489 e. The monoisotopic (exact) mass is 372 g/mol. The van der Waals surface area contributed by atoms with Crippen molar-refractivity contribution in [2.45, 2.75) is 33.4 Å². The lowest BCUT2D eigenvalue weighted by atomic mass is 10.2. The number of nitrogens with zero attached hydrogens (tertiary/aromatic N) is 1. The Morgan fingerprint density at radius 2 is 2.00 bits per heavy atom. The van der Waals surface area contributed by atoms with Crippen LogP contribution in [0.3, 0.4) is 0 Å². The average molecular weight is 372 g/mol. The van der Waals surface area contributed by atoms with Crippen LogP contribution >= 0.6 is 0 Å². The van der Waals surface area contributed by atoms with Crippen molar-refractivity contribution in [2.75, 3.05) is 19.6 Å². The number of para-hydroxylation sites is 1. The molecule has 0 bridgehead atoms. The number of carbonyl (C=O) groups is 1. The molecule has 7 nitrogen and oxygen atoms in total. The average Bonchev–Trinajstić information content (AvgIpc) is 3.18. The summed E-state index contributed by atoms with van der Waals surface area (Å²) in [5.74, 6) is 1.98. The zero-order valence-corrected chi connectivity index (χ0v) is 16.1. The summed E-state index contributed by atoms with van der Waals surface area (Å²) in [7, 11) is 0. The van der Waals surface area contributed by atoms with Gasteiger partial charge in [-0.25, -0.2) is 4.99 Å². The van der Waals surface area contributed by atoms with Gasteiger partial charge in [-0.15, -0.1) is 0 Å². The third-order valence-corrected chi connectivity index (χ3v) is 3.74. The molecule has 1 unspecified atom stereocenters. The standard InChI is InChI=1S/C20H28N4O3/c1-4-21-20(24-14-19(25)22-13-17-9-7-11-26-17)23-12-16(3)27-18-10-6-5-8-15(18)2/h5-11,16H,4,12-14H2,1-3H3,(H,22,25)(H2,21,23,24). The number of benzene rings is 1. The highest BCUT2D eigenvalue weighted by molar-refractivity contribution is 5.84. The number of hydrogen-bond acceptors (Lipinski definition) is 4. The second-order valence-corrected chi connectivity index (χ2v) is 6.13. The Kier molecular flexibility index (Phi) is 8.22. The number of furan rings is 1. The highest BCUT2D eigenvalue weighted by Gasteiger charge is 2.08. The second kappa shape index (κ2) is 10.9. The molecule has 0 fully saturated rings. The highest BCUT2D eigenvalue weighted by atomic mass is 16.5. The Hall–Kier alpha value is -2.96. The van der Waals surface area contributed by atoms with E-state index in [1.54, 1.807) is 12.3 Å². The van der Waals surface area contributed by atoms with Crippen LogP contribution < -0.4 is 20.7 Å². The number of ether oxygens (including phenoxy) is 1. The van der Waals surface area contributed by atoms with E-state index in [9.17, 15) is 4.79 Å². The van der Waals surface area contributed by atoms with E-state index in [2.05, 4.69) is 20.9 Å². The molecule has 0 aliphatic heterocycles. The summed E-state index contributed by atoms with van der Waals surface area (Å²) in [4.78, 5) is 16.2. The summed E-state index contributed by atoms with van der Waals surface area (Å²) in [6, 6.07) is 11.5. The summed E-state index contributed by atoms with van der Waals surface area (Å²) in [5, 5.41) is 9.09. The maximum atomic E-state index is 11.9. The molecule has 0 radical (unpaired) electrons. The topological polar surface area (TPSA) is 87.9 Å². The van der Waals surface area contributed by atoms with E-state index in [0.29, 0.717) is 31.4 Å². The lowest BCUT2D eigenvalue weighted by Gasteiger charge is -2.18. The Balaban J connectivity index is 1.78. The first kappa shape index (κ1) is 20.4. The van der Waals surface area contributed by atoms with Gasteiger partial charge in [-0.3, -0.25) is 4.79 Å². The van der Waals surface area contributed by atoms with E-state index in [1.165, 1.54) is 0 Å². The number of amides is 1. The minimum atomic E-state index is -0.173. The van der Waals surface area contributed by atoms with Crippen LogP contribution in [0.15, 0.2) is 52.1 Å². The third kappa shape index (κ3) is 7.43. The first-order valence-electron chi connectivity index (χ1n) is 9.12. The maximum absolute atomic E-state index is 11.9. The molecule has 1 atom stereocenters. The Morgan fingerprint density at radius 3 is 2.70 bits per heavy atom. The van der Waals surface area contributed by atoms with Gasteiger partial charge in [0.1, 0.15) is 24.2 Å². The normalized spacial score (nSPS) is 12.3. The van der Waals surface area contributed by atoms with Crippen molar-refractivity contribution in [1.82, 2.24) is 16.0 Å². The minimum Gasteiger partial charge on any atom is -0.489 e. The molecule has 1 amide bonds. The zero-order valence-electron chi connectivity index (χ0n) is 16.1. The highest BCUT2D eigenvalue weighted by Crippen LogP contribution is 2.17. The molecule has 0 spiro atoms. The fourth-order valence-corrected chi connectivity index (χ4v) is 2.33. The van der Waals surface area contributed by atoms with Gasteiger partial charge in [0, 0.05) is 6.54 Å². The number of aryl methyl sites for hydroxylation is 1. The van der Waals surface area contributed by atoms with E-state index < -0.39 is 0 Å².